The molecule has 0 fully saturated rings. The molecule has 0 aliphatic carbocycles. The number of thioether (sulfide) groups is 1. The highest BCUT2D eigenvalue weighted by Crippen LogP contribution is 2.21. The lowest BCUT2D eigenvalue weighted by Gasteiger charge is -2.12. The van der Waals surface area contributed by atoms with Crippen LogP contribution in [0.5, 0.6) is 0 Å². The Labute approximate surface area is 103 Å². The van der Waals surface area contributed by atoms with Crippen molar-refractivity contribution in [1.82, 2.24) is 9.55 Å². The van der Waals surface area contributed by atoms with E-state index in [1.807, 2.05) is 4.57 Å². The lowest BCUT2D eigenvalue weighted by molar-refractivity contribution is 0.617. The number of imidazole rings is 1. The first-order valence-corrected chi connectivity index (χ1v) is 6.82. The van der Waals surface area contributed by atoms with E-state index in [1.165, 1.54) is 12.1 Å². The van der Waals surface area contributed by atoms with Gasteiger partial charge in [-0.25, -0.2) is 4.39 Å². The van der Waals surface area contributed by atoms with Gasteiger partial charge in [-0.2, -0.15) is 11.8 Å². The van der Waals surface area contributed by atoms with E-state index in [1.54, 1.807) is 17.8 Å². The van der Waals surface area contributed by atoms with Gasteiger partial charge in [0.25, 0.3) is 0 Å². The Morgan fingerprint density at radius 2 is 2.31 bits per heavy atom. The summed E-state index contributed by atoms with van der Waals surface area (Å²) in [5.74, 6) is 0.743. The zero-order valence-electron chi connectivity index (χ0n) is 9.16. The van der Waals surface area contributed by atoms with E-state index in [0.717, 1.165) is 16.8 Å². The molecule has 2 rings (SSSR count). The molecular formula is C11H13FN2S2. The number of halogens is 1. The first-order chi connectivity index (χ1) is 7.63. The molecule has 2 aromatic rings. The van der Waals surface area contributed by atoms with E-state index < -0.39 is 0 Å². The third-order valence-corrected chi connectivity index (χ3v) is 3.64. The summed E-state index contributed by atoms with van der Waals surface area (Å²) >= 11 is 7.04. The molecule has 0 aliphatic rings. The largest absolute Gasteiger partial charge is 0.330 e. The van der Waals surface area contributed by atoms with E-state index in [0.29, 0.717) is 10.8 Å². The minimum absolute atomic E-state index is 0.242. The molecular weight excluding hydrogens is 243 g/mol. The molecule has 0 bridgehead atoms. The molecule has 2 nitrogen and oxygen atoms in total. The Morgan fingerprint density at radius 3 is 3.00 bits per heavy atom. The average molecular weight is 256 g/mol. The van der Waals surface area contributed by atoms with Gasteiger partial charge in [-0.3, -0.25) is 0 Å². The van der Waals surface area contributed by atoms with Crippen LogP contribution in [0.3, 0.4) is 0 Å². The molecule has 1 heterocycles. The van der Waals surface area contributed by atoms with Gasteiger partial charge in [0, 0.05) is 11.8 Å². The molecule has 16 heavy (non-hydrogen) atoms. The van der Waals surface area contributed by atoms with Gasteiger partial charge in [0.05, 0.1) is 11.0 Å². The summed E-state index contributed by atoms with van der Waals surface area (Å²) in [6.45, 7) is 2.11. The predicted molar refractivity (Wildman–Crippen MR) is 70.2 cm³/mol. The monoisotopic (exact) mass is 256 g/mol. The minimum atomic E-state index is -0.242. The van der Waals surface area contributed by atoms with E-state index in [-0.39, 0.29) is 5.82 Å². The van der Waals surface area contributed by atoms with Crippen LogP contribution >= 0.6 is 24.0 Å². The number of aromatic amines is 1. The molecule has 1 N–H and O–H groups in total. The van der Waals surface area contributed by atoms with Crippen LogP contribution in [0.15, 0.2) is 18.2 Å². The summed E-state index contributed by atoms with van der Waals surface area (Å²) in [6, 6.07) is 5.02. The highest BCUT2D eigenvalue weighted by atomic mass is 32.2. The number of hydrogen-bond donors (Lipinski definition) is 1. The number of fused-ring (bicyclic) bond motifs is 1. The lowest BCUT2D eigenvalue weighted by Crippen LogP contribution is -2.07. The average Bonchev–Trinajstić information content (AvgIpc) is 2.53. The van der Waals surface area contributed by atoms with Gasteiger partial charge in [-0.15, -0.1) is 0 Å². The summed E-state index contributed by atoms with van der Waals surface area (Å²) in [7, 11) is 0. The van der Waals surface area contributed by atoms with Gasteiger partial charge in [-0.1, -0.05) is 0 Å². The number of hydrogen-bond acceptors (Lipinski definition) is 2. The normalized spacial score (nSPS) is 13.2. The van der Waals surface area contributed by atoms with Crippen molar-refractivity contribution in [2.75, 3.05) is 12.0 Å². The van der Waals surface area contributed by atoms with Crippen molar-refractivity contribution in [1.29, 1.82) is 0 Å². The smallest absolute Gasteiger partial charge is 0.178 e. The fraction of sp³-hybridized carbons (Fsp3) is 0.364. The third kappa shape index (κ3) is 2.01. The Balaban J connectivity index is 2.60. The van der Waals surface area contributed by atoms with Crippen LogP contribution in [0.25, 0.3) is 11.0 Å². The van der Waals surface area contributed by atoms with E-state index in [9.17, 15) is 4.39 Å². The van der Waals surface area contributed by atoms with E-state index >= 15 is 0 Å². The fourth-order valence-electron chi connectivity index (χ4n) is 1.86. The van der Waals surface area contributed by atoms with Gasteiger partial charge >= 0.3 is 0 Å². The molecule has 0 spiro atoms. The third-order valence-electron chi connectivity index (χ3n) is 2.53. The zero-order chi connectivity index (χ0) is 11.7. The van der Waals surface area contributed by atoms with Crippen LogP contribution in [0.2, 0.25) is 0 Å². The molecule has 1 aromatic carbocycles. The topological polar surface area (TPSA) is 20.7 Å². The number of benzene rings is 1. The van der Waals surface area contributed by atoms with Crippen LogP contribution < -0.4 is 0 Å². The Kier molecular flexibility index (Phi) is 3.35. The van der Waals surface area contributed by atoms with Crippen LogP contribution in [0.4, 0.5) is 4.39 Å². The van der Waals surface area contributed by atoms with Crippen molar-refractivity contribution < 1.29 is 4.39 Å². The van der Waals surface area contributed by atoms with Crippen molar-refractivity contribution in [3.8, 4) is 0 Å². The number of rotatable bonds is 3. The number of H-pyrrole nitrogens is 1. The Hall–Kier alpha value is -0.810. The maximum absolute atomic E-state index is 13.1. The quantitative estimate of drug-likeness (QED) is 0.844. The van der Waals surface area contributed by atoms with Crippen LogP contribution in [0.1, 0.15) is 13.0 Å². The second-order valence-corrected chi connectivity index (χ2v) is 5.06. The summed E-state index contributed by atoms with van der Waals surface area (Å²) in [5, 5.41) is 0. The maximum Gasteiger partial charge on any atom is 0.178 e. The van der Waals surface area contributed by atoms with Crippen molar-refractivity contribution in [2.45, 2.75) is 13.0 Å². The highest BCUT2D eigenvalue weighted by molar-refractivity contribution is 7.98. The van der Waals surface area contributed by atoms with Crippen molar-refractivity contribution in [3.63, 3.8) is 0 Å². The van der Waals surface area contributed by atoms with Gasteiger partial charge in [0.2, 0.25) is 0 Å². The fourth-order valence-corrected chi connectivity index (χ4v) is 2.88. The van der Waals surface area contributed by atoms with Crippen LogP contribution in [-0.4, -0.2) is 21.6 Å². The molecule has 0 saturated carbocycles. The summed E-state index contributed by atoms with van der Waals surface area (Å²) in [5.41, 5.74) is 1.73. The van der Waals surface area contributed by atoms with Gasteiger partial charge in [0.1, 0.15) is 5.82 Å². The molecule has 0 saturated heterocycles. The van der Waals surface area contributed by atoms with E-state index in [2.05, 4.69) is 18.2 Å². The lowest BCUT2D eigenvalue weighted by atomic mass is 10.3. The summed E-state index contributed by atoms with van der Waals surface area (Å²) < 4.78 is 15.8. The second kappa shape index (κ2) is 4.59. The summed E-state index contributed by atoms with van der Waals surface area (Å²) in [6.07, 6.45) is 2.06. The molecule has 0 amide bonds. The Morgan fingerprint density at radius 1 is 1.56 bits per heavy atom. The molecule has 86 valence electrons. The maximum atomic E-state index is 13.1. The number of nitrogens with one attached hydrogen (secondary N) is 1. The second-order valence-electron chi connectivity index (χ2n) is 3.77. The Bertz CT molecular complexity index is 559. The van der Waals surface area contributed by atoms with Crippen LogP contribution in [-0.2, 0) is 0 Å². The molecule has 0 radical (unpaired) electrons. The van der Waals surface area contributed by atoms with Gasteiger partial charge in [0.15, 0.2) is 4.77 Å². The molecule has 1 unspecified atom stereocenters. The molecule has 1 atom stereocenters. The first-order valence-electron chi connectivity index (χ1n) is 5.02. The van der Waals surface area contributed by atoms with Gasteiger partial charge < -0.3 is 9.55 Å². The molecule has 0 aliphatic heterocycles. The minimum Gasteiger partial charge on any atom is -0.330 e. The number of aromatic nitrogens is 2. The molecule has 5 heteroatoms. The van der Waals surface area contributed by atoms with Crippen molar-refractivity contribution >= 4 is 35.0 Å². The van der Waals surface area contributed by atoms with Crippen molar-refractivity contribution in [2.24, 2.45) is 0 Å². The summed E-state index contributed by atoms with van der Waals surface area (Å²) in [4.78, 5) is 3.04. The predicted octanol–water partition coefficient (Wildman–Crippen LogP) is 3.76. The van der Waals surface area contributed by atoms with Crippen molar-refractivity contribution in [3.05, 3.63) is 28.8 Å². The highest BCUT2D eigenvalue weighted by Gasteiger charge is 2.10. The van der Waals surface area contributed by atoms with Crippen LogP contribution in [0, 0.1) is 10.6 Å². The van der Waals surface area contributed by atoms with E-state index in [4.69, 9.17) is 12.2 Å². The molecule has 1 aromatic heterocycles. The zero-order valence-corrected chi connectivity index (χ0v) is 10.8. The number of nitrogens with zero attached hydrogens (tertiary/aromatic N) is 1. The first kappa shape index (κ1) is 11.7. The standard InChI is InChI=1S/C11H13FN2S2/c1-7(6-16-2)14-10-4-3-8(12)5-9(10)13-11(14)15/h3-5,7H,6H2,1-2H3,(H,13,15). The SMILES string of the molecule is CSCC(C)n1c(=S)[nH]c2cc(F)ccc21. The van der Waals surface area contributed by atoms with Gasteiger partial charge in [-0.05, 0) is 43.6 Å².